The highest BCUT2D eigenvalue weighted by Crippen LogP contribution is 2.43. The van der Waals surface area contributed by atoms with Crippen LogP contribution in [-0.4, -0.2) is 69.8 Å². The molecule has 2 aliphatic heterocycles. The Bertz CT molecular complexity index is 783. The SMILES string of the molecule is CN1CCC(N2C[C@H]3C[C@H](O)[C@@H](n4ccnc4-c4ccccc4)C[C@H]3C2)CC1. The fourth-order valence-corrected chi connectivity index (χ4v) is 5.79. The van der Waals surface area contributed by atoms with Crippen LogP contribution >= 0.6 is 0 Å². The summed E-state index contributed by atoms with van der Waals surface area (Å²) in [6, 6.07) is 11.2. The highest BCUT2D eigenvalue weighted by molar-refractivity contribution is 5.55. The van der Waals surface area contributed by atoms with Gasteiger partial charge < -0.3 is 14.6 Å². The zero-order valence-electron chi connectivity index (χ0n) is 16.8. The van der Waals surface area contributed by atoms with Crippen molar-refractivity contribution in [3.05, 3.63) is 42.7 Å². The van der Waals surface area contributed by atoms with E-state index in [0.717, 1.165) is 30.3 Å². The van der Waals surface area contributed by atoms with Crippen molar-refractivity contribution >= 4 is 0 Å². The molecular weight excluding hydrogens is 348 g/mol. The molecule has 1 N–H and O–H groups in total. The van der Waals surface area contributed by atoms with Gasteiger partial charge in [-0.25, -0.2) is 4.98 Å². The summed E-state index contributed by atoms with van der Waals surface area (Å²) >= 11 is 0. The van der Waals surface area contributed by atoms with Crippen LogP contribution in [0.2, 0.25) is 0 Å². The molecular formula is C23H32N4O. The fourth-order valence-electron chi connectivity index (χ4n) is 5.79. The van der Waals surface area contributed by atoms with E-state index in [4.69, 9.17) is 0 Å². The summed E-state index contributed by atoms with van der Waals surface area (Å²) in [6.07, 6.45) is 8.22. The van der Waals surface area contributed by atoms with Crippen LogP contribution < -0.4 is 0 Å². The zero-order valence-corrected chi connectivity index (χ0v) is 16.8. The minimum Gasteiger partial charge on any atom is -0.391 e. The first-order valence-corrected chi connectivity index (χ1v) is 10.9. The van der Waals surface area contributed by atoms with Crippen LogP contribution in [0.3, 0.4) is 0 Å². The van der Waals surface area contributed by atoms with Gasteiger partial charge >= 0.3 is 0 Å². The number of imidazole rings is 1. The molecule has 2 saturated heterocycles. The molecule has 1 aromatic heterocycles. The quantitative estimate of drug-likeness (QED) is 0.889. The summed E-state index contributed by atoms with van der Waals surface area (Å²) in [7, 11) is 2.23. The Morgan fingerprint density at radius 1 is 1.00 bits per heavy atom. The molecule has 5 nitrogen and oxygen atoms in total. The van der Waals surface area contributed by atoms with Gasteiger partial charge in [-0.2, -0.15) is 0 Å². The molecule has 150 valence electrons. The Morgan fingerprint density at radius 2 is 1.71 bits per heavy atom. The lowest BCUT2D eigenvalue weighted by atomic mass is 9.77. The average molecular weight is 381 g/mol. The van der Waals surface area contributed by atoms with Crippen LogP contribution in [-0.2, 0) is 0 Å². The predicted octanol–water partition coefficient (Wildman–Crippen LogP) is 2.89. The van der Waals surface area contributed by atoms with E-state index < -0.39 is 0 Å². The number of aromatic nitrogens is 2. The van der Waals surface area contributed by atoms with Crippen molar-refractivity contribution in [2.45, 2.75) is 43.9 Å². The van der Waals surface area contributed by atoms with E-state index >= 15 is 0 Å². The second-order valence-corrected chi connectivity index (χ2v) is 9.14. The molecule has 5 rings (SSSR count). The van der Waals surface area contributed by atoms with Crippen LogP contribution in [0.15, 0.2) is 42.7 Å². The topological polar surface area (TPSA) is 44.5 Å². The monoisotopic (exact) mass is 380 g/mol. The highest BCUT2D eigenvalue weighted by Gasteiger charge is 2.44. The molecule has 28 heavy (non-hydrogen) atoms. The summed E-state index contributed by atoms with van der Waals surface area (Å²) in [5.41, 5.74) is 1.13. The number of aliphatic hydroxyl groups is 1. The second kappa shape index (κ2) is 7.62. The maximum atomic E-state index is 11.0. The Kier molecular flexibility index (Phi) is 4.99. The van der Waals surface area contributed by atoms with Gasteiger partial charge in [0.1, 0.15) is 5.82 Å². The van der Waals surface area contributed by atoms with Gasteiger partial charge in [0, 0.05) is 37.1 Å². The Hall–Kier alpha value is -1.69. The molecule has 4 atom stereocenters. The smallest absolute Gasteiger partial charge is 0.140 e. The van der Waals surface area contributed by atoms with Gasteiger partial charge in [0.25, 0.3) is 0 Å². The first-order chi connectivity index (χ1) is 13.7. The highest BCUT2D eigenvalue weighted by atomic mass is 16.3. The molecule has 3 aliphatic rings. The summed E-state index contributed by atoms with van der Waals surface area (Å²) < 4.78 is 2.23. The first-order valence-electron chi connectivity index (χ1n) is 10.9. The van der Waals surface area contributed by atoms with Gasteiger partial charge in [-0.05, 0) is 57.7 Å². The number of fused-ring (bicyclic) bond motifs is 1. The second-order valence-electron chi connectivity index (χ2n) is 9.14. The van der Waals surface area contributed by atoms with Crippen LogP contribution in [0, 0.1) is 11.8 Å². The number of hydrogen-bond acceptors (Lipinski definition) is 4. The largest absolute Gasteiger partial charge is 0.391 e. The van der Waals surface area contributed by atoms with Crippen molar-refractivity contribution in [2.75, 3.05) is 33.2 Å². The molecule has 1 aliphatic carbocycles. The van der Waals surface area contributed by atoms with Crippen LogP contribution in [0.25, 0.3) is 11.4 Å². The molecule has 3 fully saturated rings. The molecule has 0 amide bonds. The number of nitrogens with zero attached hydrogens (tertiary/aromatic N) is 4. The number of benzene rings is 1. The van der Waals surface area contributed by atoms with Gasteiger partial charge in [0.2, 0.25) is 0 Å². The van der Waals surface area contributed by atoms with Crippen molar-refractivity contribution in [3.8, 4) is 11.4 Å². The van der Waals surface area contributed by atoms with Gasteiger partial charge in [-0.15, -0.1) is 0 Å². The van der Waals surface area contributed by atoms with E-state index in [1.165, 1.54) is 39.0 Å². The van der Waals surface area contributed by atoms with Crippen LogP contribution in [0.4, 0.5) is 0 Å². The van der Waals surface area contributed by atoms with Crippen molar-refractivity contribution in [2.24, 2.45) is 11.8 Å². The van der Waals surface area contributed by atoms with Gasteiger partial charge in [-0.3, -0.25) is 4.90 Å². The van der Waals surface area contributed by atoms with Gasteiger partial charge in [0.15, 0.2) is 0 Å². The van der Waals surface area contributed by atoms with Crippen molar-refractivity contribution in [1.29, 1.82) is 0 Å². The third-order valence-electron chi connectivity index (χ3n) is 7.40. The van der Waals surface area contributed by atoms with Crippen molar-refractivity contribution in [3.63, 3.8) is 0 Å². The van der Waals surface area contributed by atoms with E-state index in [0.29, 0.717) is 11.8 Å². The van der Waals surface area contributed by atoms with Crippen molar-refractivity contribution < 1.29 is 5.11 Å². The minimum atomic E-state index is -0.282. The summed E-state index contributed by atoms with van der Waals surface area (Å²) in [5.74, 6) is 2.32. The fraction of sp³-hybridized carbons (Fsp3) is 0.609. The number of aliphatic hydroxyl groups excluding tert-OH is 1. The van der Waals surface area contributed by atoms with E-state index in [1.807, 2.05) is 12.3 Å². The average Bonchev–Trinajstić information content (AvgIpc) is 3.35. The third kappa shape index (κ3) is 3.40. The number of rotatable bonds is 3. The lowest BCUT2D eigenvalue weighted by Crippen LogP contribution is -2.42. The Labute approximate surface area is 168 Å². The van der Waals surface area contributed by atoms with E-state index in [-0.39, 0.29) is 12.1 Å². The lowest BCUT2D eigenvalue weighted by Gasteiger charge is -2.36. The standard InChI is InChI=1S/C23H32N4O/c1-25-10-7-20(8-11-25)26-15-18-13-21(22(28)14-19(18)16-26)27-12-9-24-23(27)17-5-3-2-4-6-17/h2-6,9,12,18-22,28H,7-8,10-11,13-16H2,1H3/t18-,19+,21-,22-/m0/s1. The van der Waals surface area contributed by atoms with Gasteiger partial charge in [0.05, 0.1) is 12.1 Å². The summed E-state index contributed by atoms with van der Waals surface area (Å²) in [5, 5.41) is 11.0. The number of likely N-dealkylation sites (tertiary alicyclic amines) is 2. The molecule has 3 heterocycles. The molecule has 1 saturated carbocycles. The van der Waals surface area contributed by atoms with Gasteiger partial charge in [-0.1, -0.05) is 30.3 Å². The van der Waals surface area contributed by atoms with Crippen LogP contribution in [0.5, 0.6) is 0 Å². The molecule has 2 aromatic rings. The first kappa shape index (κ1) is 18.3. The minimum absolute atomic E-state index is 0.136. The molecule has 0 unspecified atom stereocenters. The molecule has 1 aromatic carbocycles. The summed E-state index contributed by atoms with van der Waals surface area (Å²) in [4.78, 5) is 9.80. The zero-order chi connectivity index (χ0) is 19.1. The molecule has 0 bridgehead atoms. The molecule has 0 spiro atoms. The lowest BCUT2D eigenvalue weighted by molar-refractivity contribution is 0.0364. The van der Waals surface area contributed by atoms with Crippen LogP contribution in [0.1, 0.15) is 31.7 Å². The molecule has 5 heteroatoms. The number of piperidine rings is 1. The van der Waals surface area contributed by atoms with E-state index in [1.54, 1.807) is 0 Å². The maximum Gasteiger partial charge on any atom is 0.140 e. The normalized spacial score (nSPS) is 32.5. The summed E-state index contributed by atoms with van der Waals surface area (Å²) in [6.45, 7) is 4.82. The van der Waals surface area contributed by atoms with E-state index in [2.05, 4.69) is 56.9 Å². The maximum absolute atomic E-state index is 11.0. The predicted molar refractivity (Wildman–Crippen MR) is 111 cm³/mol. The Morgan fingerprint density at radius 3 is 2.46 bits per heavy atom. The molecule has 0 radical (unpaired) electrons. The third-order valence-corrected chi connectivity index (χ3v) is 7.40. The van der Waals surface area contributed by atoms with Crippen molar-refractivity contribution in [1.82, 2.24) is 19.4 Å². The number of hydrogen-bond donors (Lipinski definition) is 1. The Balaban J connectivity index is 1.32. The van der Waals surface area contributed by atoms with E-state index in [9.17, 15) is 5.11 Å².